The van der Waals surface area contributed by atoms with Crippen LogP contribution < -0.4 is 5.32 Å². The summed E-state index contributed by atoms with van der Waals surface area (Å²) in [5.74, 6) is -0.355. The molecule has 11 nitrogen and oxygen atoms in total. The highest BCUT2D eigenvalue weighted by Gasteiger charge is 2.22. The Morgan fingerprint density at radius 3 is 2.56 bits per heavy atom. The number of nitrogens with one attached hydrogen (secondary N) is 1. The molecule has 0 radical (unpaired) electrons. The lowest BCUT2D eigenvalue weighted by Crippen LogP contribution is -2.16. The third kappa shape index (κ3) is 3.43. The summed E-state index contributed by atoms with van der Waals surface area (Å²) in [6, 6.07) is 1.58. The first-order valence-electron chi connectivity index (χ1n) is 8.37. The van der Waals surface area contributed by atoms with Crippen LogP contribution in [0.2, 0.25) is 0 Å². The number of hydrogen-bond donors (Lipinski definition) is 1. The molecule has 0 aromatic carbocycles. The van der Waals surface area contributed by atoms with E-state index in [-0.39, 0.29) is 24.0 Å². The number of nitro groups is 1. The number of carbonyl (C=O) groups excluding carboxylic acids is 1. The molecule has 27 heavy (non-hydrogen) atoms. The highest BCUT2D eigenvalue weighted by atomic mass is 16.6. The van der Waals surface area contributed by atoms with Crippen LogP contribution in [0.3, 0.4) is 0 Å². The summed E-state index contributed by atoms with van der Waals surface area (Å²) in [5.41, 5.74) is 2.48. The molecule has 0 saturated heterocycles. The van der Waals surface area contributed by atoms with Crippen LogP contribution in [0.4, 0.5) is 11.4 Å². The second kappa shape index (κ2) is 7.02. The van der Waals surface area contributed by atoms with Crippen molar-refractivity contribution in [3.63, 3.8) is 0 Å². The summed E-state index contributed by atoms with van der Waals surface area (Å²) in [6.07, 6.45) is 3.22. The Hall–Kier alpha value is -3.50. The zero-order valence-electron chi connectivity index (χ0n) is 15.5. The van der Waals surface area contributed by atoms with E-state index in [9.17, 15) is 14.9 Å². The van der Waals surface area contributed by atoms with Crippen molar-refractivity contribution >= 4 is 17.3 Å². The second-order valence-electron chi connectivity index (χ2n) is 6.07. The van der Waals surface area contributed by atoms with E-state index in [4.69, 9.17) is 0 Å². The maximum Gasteiger partial charge on any atom is 0.312 e. The van der Waals surface area contributed by atoms with Gasteiger partial charge in [-0.2, -0.15) is 15.3 Å². The molecule has 0 aliphatic heterocycles. The Morgan fingerprint density at radius 1 is 1.22 bits per heavy atom. The van der Waals surface area contributed by atoms with E-state index in [2.05, 4.69) is 20.6 Å². The standard InChI is InChI=1S/C16H20N8O3/c1-5-22-11(3)14(8-17-22)18-16(25)13-6-7-21(20-13)9-23-12(4)15(24(26)27)10(2)19-23/h6-8H,5,9H2,1-4H3,(H,18,25). The minimum atomic E-state index is -0.449. The first-order chi connectivity index (χ1) is 12.8. The summed E-state index contributed by atoms with van der Waals surface area (Å²) < 4.78 is 4.77. The number of aromatic nitrogens is 6. The van der Waals surface area contributed by atoms with Crippen LogP contribution in [0.15, 0.2) is 18.5 Å². The van der Waals surface area contributed by atoms with Gasteiger partial charge in [-0.25, -0.2) is 4.68 Å². The van der Waals surface area contributed by atoms with Gasteiger partial charge in [0.1, 0.15) is 18.1 Å². The molecule has 3 aromatic rings. The van der Waals surface area contributed by atoms with E-state index in [1.807, 2.05) is 13.8 Å². The Kier molecular flexibility index (Phi) is 4.75. The summed E-state index contributed by atoms with van der Waals surface area (Å²) in [7, 11) is 0. The number of amides is 1. The van der Waals surface area contributed by atoms with Crippen molar-refractivity contribution < 1.29 is 9.72 Å². The van der Waals surface area contributed by atoms with E-state index in [0.29, 0.717) is 23.6 Å². The molecule has 0 spiro atoms. The Labute approximate surface area is 154 Å². The van der Waals surface area contributed by atoms with Gasteiger partial charge in [-0.1, -0.05) is 0 Å². The van der Waals surface area contributed by atoms with Crippen LogP contribution in [0.25, 0.3) is 0 Å². The maximum atomic E-state index is 12.4. The molecule has 3 heterocycles. The molecule has 0 aliphatic rings. The number of carbonyl (C=O) groups is 1. The van der Waals surface area contributed by atoms with Crippen LogP contribution in [0, 0.1) is 30.9 Å². The summed E-state index contributed by atoms with van der Waals surface area (Å²) in [5, 5.41) is 26.5. The number of aryl methyl sites for hydroxylation is 2. The molecule has 0 aliphatic carbocycles. The van der Waals surface area contributed by atoms with Crippen molar-refractivity contribution in [2.45, 2.75) is 40.9 Å². The largest absolute Gasteiger partial charge is 0.318 e. The van der Waals surface area contributed by atoms with Gasteiger partial charge in [0.2, 0.25) is 0 Å². The van der Waals surface area contributed by atoms with Crippen molar-refractivity contribution in [2.75, 3.05) is 5.32 Å². The van der Waals surface area contributed by atoms with E-state index >= 15 is 0 Å². The monoisotopic (exact) mass is 372 g/mol. The van der Waals surface area contributed by atoms with Crippen molar-refractivity contribution in [3.8, 4) is 0 Å². The predicted molar refractivity (Wildman–Crippen MR) is 96.6 cm³/mol. The molecular weight excluding hydrogens is 352 g/mol. The van der Waals surface area contributed by atoms with Crippen molar-refractivity contribution in [3.05, 3.63) is 51.4 Å². The molecule has 0 bridgehead atoms. The quantitative estimate of drug-likeness (QED) is 0.520. The van der Waals surface area contributed by atoms with Gasteiger partial charge in [-0.05, 0) is 33.8 Å². The van der Waals surface area contributed by atoms with Gasteiger partial charge in [0.15, 0.2) is 5.69 Å². The fourth-order valence-corrected chi connectivity index (χ4v) is 2.86. The zero-order valence-corrected chi connectivity index (χ0v) is 15.5. The smallest absolute Gasteiger partial charge is 0.312 e. The van der Waals surface area contributed by atoms with E-state index in [0.717, 1.165) is 5.69 Å². The molecule has 142 valence electrons. The summed E-state index contributed by atoms with van der Waals surface area (Å²) in [6.45, 7) is 7.94. The third-order valence-electron chi connectivity index (χ3n) is 4.33. The molecular formula is C16H20N8O3. The second-order valence-corrected chi connectivity index (χ2v) is 6.07. The number of rotatable bonds is 6. The molecule has 1 N–H and O–H groups in total. The zero-order chi connectivity index (χ0) is 19.7. The fourth-order valence-electron chi connectivity index (χ4n) is 2.86. The van der Waals surface area contributed by atoms with Crippen molar-refractivity contribution in [1.82, 2.24) is 29.3 Å². The van der Waals surface area contributed by atoms with Gasteiger partial charge in [0, 0.05) is 12.7 Å². The summed E-state index contributed by atoms with van der Waals surface area (Å²) in [4.78, 5) is 23.1. The Morgan fingerprint density at radius 2 is 1.96 bits per heavy atom. The van der Waals surface area contributed by atoms with Crippen molar-refractivity contribution in [2.24, 2.45) is 0 Å². The van der Waals surface area contributed by atoms with Crippen LogP contribution in [0.5, 0.6) is 0 Å². The van der Waals surface area contributed by atoms with Gasteiger partial charge in [0.05, 0.1) is 22.5 Å². The minimum absolute atomic E-state index is 0.0106. The van der Waals surface area contributed by atoms with Crippen molar-refractivity contribution in [1.29, 1.82) is 0 Å². The molecule has 3 rings (SSSR count). The molecule has 0 atom stereocenters. The maximum absolute atomic E-state index is 12.4. The first kappa shape index (κ1) is 18.3. The molecule has 0 unspecified atom stereocenters. The van der Waals surface area contributed by atoms with Gasteiger partial charge >= 0.3 is 5.69 Å². The van der Waals surface area contributed by atoms with Gasteiger partial charge in [0.25, 0.3) is 5.91 Å². The van der Waals surface area contributed by atoms with E-state index in [1.165, 1.54) is 9.36 Å². The third-order valence-corrected chi connectivity index (χ3v) is 4.33. The Balaban J connectivity index is 1.75. The SMILES string of the molecule is CCn1ncc(NC(=O)c2ccn(Cn3nc(C)c([N+](=O)[O-])c3C)n2)c1C. The highest BCUT2D eigenvalue weighted by molar-refractivity contribution is 6.03. The molecule has 1 amide bonds. The van der Waals surface area contributed by atoms with E-state index < -0.39 is 4.92 Å². The first-order valence-corrected chi connectivity index (χ1v) is 8.37. The van der Waals surface area contributed by atoms with Gasteiger partial charge in [-0.15, -0.1) is 0 Å². The van der Waals surface area contributed by atoms with Crippen LogP contribution in [-0.4, -0.2) is 40.2 Å². The summed E-state index contributed by atoms with van der Waals surface area (Å²) >= 11 is 0. The van der Waals surface area contributed by atoms with E-state index in [1.54, 1.807) is 37.0 Å². The lowest BCUT2D eigenvalue weighted by atomic mass is 10.3. The average molecular weight is 372 g/mol. The predicted octanol–water partition coefficient (Wildman–Crippen LogP) is 1.89. The number of anilines is 1. The lowest BCUT2D eigenvalue weighted by molar-refractivity contribution is -0.386. The van der Waals surface area contributed by atoms with Crippen LogP contribution >= 0.6 is 0 Å². The topological polar surface area (TPSA) is 126 Å². The average Bonchev–Trinajstić information content (AvgIpc) is 3.28. The number of hydrogen-bond acceptors (Lipinski definition) is 6. The Bertz CT molecular complexity index is 1010. The minimum Gasteiger partial charge on any atom is -0.318 e. The van der Waals surface area contributed by atoms with Gasteiger partial charge in [-0.3, -0.25) is 24.3 Å². The fraction of sp³-hybridized carbons (Fsp3) is 0.375. The molecule has 0 saturated carbocycles. The molecule has 11 heteroatoms. The normalized spacial score (nSPS) is 11.0. The van der Waals surface area contributed by atoms with Crippen LogP contribution in [0.1, 0.15) is 34.5 Å². The van der Waals surface area contributed by atoms with Crippen LogP contribution in [-0.2, 0) is 13.2 Å². The lowest BCUT2D eigenvalue weighted by Gasteiger charge is -2.05. The molecule has 0 fully saturated rings. The van der Waals surface area contributed by atoms with Gasteiger partial charge < -0.3 is 5.32 Å². The highest BCUT2D eigenvalue weighted by Crippen LogP contribution is 2.21. The number of nitrogens with zero attached hydrogens (tertiary/aromatic N) is 7. The molecule has 3 aromatic heterocycles.